The highest BCUT2D eigenvalue weighted by Crippen LogP contribution is 2.25. The van der Waals surface area contributed by atoms with Gasteiger partial charge in [0.25, 0.3) is 17.7 Å². The van der Waals surface area contributed by atoms with Crippen LogP contribution in [0.4, 0.5) is 16.2 Å². The van der Waals surface area contributed by atoms with Crippen molar-refractivity contribution in [2.45, 2.75) is 0 Å². The first-order chi connectivity index (χ1) is 17.0. The van der Waals surface area contributed by atoms with Gasteiger partial charge in [-0.15, -0.1) is 0 Å². The van der Waals surface area contributed by atoms with Crippen molar-refractivity contribution in [1.82, 2.24) is 5.32 Å². The Hall–Kier alpha value is -4.92. The second-order valence-corrected chi connectivity index (χ2v) is 7.40. The van der Waals surface area contributed by atoms with Gasteiger partial charge in [0, 0.05) is 11.3 Å². The molecule has 3 aromatic rings. The normalized spacial score (nSPS) is 14.5. The van der Waals surface area contributed by atoms with Gasteiger partial charge in [-0.1, -0.05) is 36.4 Å². The molecule has 9 nitrogen and oxygen atoms in total. The number of barbiturate groups is 1. The summed E-state index contributed by atoms with van der Waals surface area (Å²) >= 11 is 0. The summed E-state index contributed by atoms with van der Waals surface area (Å²) in [5.74, 6) is -1.04. The number of methoxy groups -OCH3 is 1. The number of carbonyl (C=O) groups is 4. The topological polar surface area (TPSA) is 114 Å². The molecule has 35 heavy (non-hydrogen) atoms. The first-order valence-corrected chi connectivity index (χ1v) is 10.6. The number of carbonyl (C=O) groups excluding carboxylic acids is 4. The smallest absolute Gasteiger partial charge is 0.335 e. The van der Waals surface area contributed by atoms with Gasteiger partial charge in [-0.25, -0.2) is 9.69 Å². The molecule has 0 unspecified atom stereocenters. The molecule has 4 rings (SSSR count). The van der Waals surface area contributed by atoms with Crippen LogP contribution in [-0.2, 0) is 14.4 Å². The van der Waals surface area contributed by atoms with Gasteiger partial charge in [0.15, 0.2) is 6.61 Å². The zero-order chi connectivity index (χ0) is 24.8. The van der Waals surface area contributed by atoms with Crippen molar-refractivity contribution in [3.8, 4) is 11.5 Å². The number of urea groups is 1. The fraction of sp³-hybridized carbons (Fsp3) is 0.0769. The summed E-state index contributed by atoms with van der Waals surface area (Å²) in [5.41, 5.74) is 1.05. The van der Waals surface area contributed by atoms with Gasteiger partial charge in [0.1, 0.15) is 17.1 Å². The zero-order valence-electron chi connectivity index (χ0n) is 18.7. The van der Waals surface area contributed by atoms with Crippen LogP contribution in [0, 0.1) is 0 Å². The van der Waals surface area contributed by atoms with Crippen LogP contribution >= 0.6 is 0 Å². The summed E-state index contributed by atoms with van der Waals surface area (Å²) in [7, 11) is 1.55. The number of hydrogen-bond acceptors (Lipinski definition) is 6. The Morgan fingerprint density at radius 1 is 0.943 bits per heavy atom. The molecule has 2 N–H and O–H groups in total. The van der Waals surface area contributed by atoms with E-state index >= 15 is 0 Å². The molecular weight excluding hydrogens is 450 g/mol. The Labute approximate surface area is 201 Å². The number of amides is 5. The lowest BCUT2D eigenvalue weighted by Crippen LogP contribution is -2.54. The number of imide groups is 2. The molecule has 0 bridgehead atoms. The van der Waals surface area contributed by atoms with Crippen LogP contribution in [0.15, 0.2) is 84.4 Å². The third-order valence-corrected chi connectivity index (χ3v) is 5.07. The first-order valence-electron chi connectivity index (χ1n) is 10.6. The van der Waals surface area contributed by atoms with E-state index in [9.17, 15) is 19.2 Å². The fourth-order valence-corrected chi connectivity index (χ4v) is 3.37. The lowest BCUT2D eigenvalue weighted by molar-refractivity contribution is -0.122. The number of rotatable bonds is 7. The minimum Gasteiger partial charge on any atom is -0.497 e. The van der Waals surface area contributed by atoms with Crippen LogP contribution in [0.3, 0.4) is 0 Å². The van der Waals surface area contributed by atoms with E-state index in [4.69, 9.17) is 9.47 Å². The summed E-state index contributed by atoms with van der Waals surface area (Å²) < 4.78 is 10.7. The van der Waals surface area contributed by atoms with E-state index in [1.807, 2.05) is 0 Å². The number of anilines is 2. The molecule has 1 saturated heterocycles. The lowest BCUT2D eigenvalue weighted by atomic mass is 10.1. The molecule has 0 aromatic heterocycles. The van der Waals surface area contributed by atoms with E-state index in [0.29, 0.717) is 22.7 Å². The number of hydrogen-bond donors (Lipinski definition) is 2. The predicted molar refractivity (Wildman–Crippen MR) is 129 cm³/mol. The van der Waals surface area contributed by atoms with Crippen molar-refractivity contribution >= 4 is 41.2 Å². The molecule has 0 atom stereocenters. The van der Waals surface area contributed by atoms with Gasteiger partial charge in [-0.3, -0.25) is 19.7 Å². The van der Waals surface area contributed by atoms with Crippen molar-refractivity contribution in [1.29, 1.82) is 0 Å². The van der Waals surface area contributed by atoms with E-state index in [2.05, 4.69) is 10.6 Å². The third kappa shape index (κ3) is 5.36. The summed E-state index contributed by atoms with van der Waals surface area (Å²) in [5, 5.41) is 4.89. The molecule has 0 spiro atoms. The molecule has 0 saturated carbocycles. The Bertz CT molecular complexity index is 1300. The van der Waals surface area contributed by atoms with E-state index in [-0.39, 0.29) is 17.9 Å². The summed E-state index contributed by atoms with van der Waals surface area (Å²) in [4.78, 5) is 51.0. The van der Waals surface area contributed by atoms with Crippen LogP contribution in [0.1, 0.15) is 5.56 Å². The van der Waals surface area contributed by atoms with Crippen LogP contribution in [0.5, 0.6) is 11.5 Å². The van der Waals surface area contributed by atoms with Crippen LogP contribution < -0.4 is 25.0 Å². The summed E-state index contributed by atoms with van der Waals surface area (Å²) in [6, 6.07) is 20.9. The maximum atomic E-state index is 13.0. The maximum absolute atomic E-state index is 13.0. The fourth-order valence-electron chi connectivity index (χ4n) is 3.37. The van der Waals surface area contributed by atoms with Gasteiger partial charge in [0.05, 0.1) is 12.8 Å². The molecule has 1 aliphatic rings. The molecule has 176 valence electrons. The molecule has 0 radical (unpaired) electrons. The lowest BCUT2D eigenvalue weighted by Gasteiger charge is -2.26. The van der Waals surface area contributed by atoms with E-state index < -0.39 is 23.8 Å². The second kappa shape index (κ2) is 10.3. The molecule has 1 fully saturated rings. The Balaban J connectivity index is 1.51. The monoisotopic (exact) mass is 471 g/mol. The first kappa shape index (κ1) is 23.2. The molecule has 9 heteroatoms. The second-order valence-electron chi connectivity index (χ2n) is 7.40. The largest absolute Gasteiger partial charge is 0.497 e. The van der Waals surface area contributed by atoms with Crippen LogP contribution in [0.25, 0.3) is 6.08 Å². The summed E-state index contributed by atoms with van der Waals surface area (Å²) in [6.45, 7) is -0.305. The van der Waals surface area contributed by atoms with E-state index in [1.54, 1.807) is 86.0 Å². The van der Waals surface area contributed by atoms with Crippen LogP contribution in [0.2, 0.25) is 0 Å². The third-order valence-electron chi connectivity index (χ3n) is 5.07. The van der Waals surface area contributed by atoms with Crippen molar-refractivity contribution < 1.29 is 28.7 Å². The Morgan fingerprint density at radius 3 is 2.34 bits per heavy atom. The molecule has 1 heterocycles. The molecule has 5 amide bonds. The molecule has 0 aliphatic carbocycles. The van der Waals surface area contributed by atoms with E-state index in [1.165, 1.54) is 6.08 Å². The highest BCUT2D eigenvalue weighted by atomic mass is 16.5. The Kier molecular flexibility index (Phi) is 6.87. The maximum Gasteiger partial charge on any atom is 0.335 e. The quantitative estimate of drug-likeness (QED) is 0.403. The number of nitrogens with zero attached hydrogens (tertiary/aromatic N) is 1. The predicted octanol–water partition coefficient (Wildman–Crippen LogP) is 3.38. The number of benzene rings is 3. The Morgan fingerprint density at radius 2 is 1.63 bits per heavy atom. The van der Waals surface area contributed by atoms with Gasteiger partial charge < -0.3 is 14.8 Å². The van der Waals surface area contributed by atoms with Crippen molar-refractivity contribution in [2.75, 3.05) is 23.9 Å². The minimum absolute atomic E-state index is 0.243. The number of para-hydroxylation sites is 2. The van der Waals surface area contributed by atoms with Gasteiger partial charge in [0.2, 0.25) is 0 Å². The summed E-state index contributed by atoms with van der Waals surface area (Å²) in [6.07, 6.45) is 1.33. The number of nitrogens with one attached hydrogen (secondary N) is 2. The number of ether oxygens (including phenoxy) is 2. The molecular formula is C26H21N3O6. The van der Waals surface area contributed by atoms with Gasteiger partial charge in [-0.05, 0) is 48.5 Å². The average molecular weight is 471 g/mol. The van der Waals surface area contributed by atoms with Crippen molar-refractivity contribution in [3.05, 3.63) is 90.0 Å². The van der Waals surface area contributed by atoms with Crippen molar-refractivity contribution in [3.63, 3.8) is 0 Å². The van der Waals surface area contributed by atoms with Crippen LogP contribution in [-0.4, -0.2) is 37.5 Å². The van der Waals surface area contributed by atoms with E-state index in [0.717, 1.165) is 4.90 Å². The highest BCUT2D eigenvalue weighted by molar-refractivity contribution is 6.39. The van der Waals surface area contributed by atoms with Gasteiger partial charge >= 0.3 is 6.03 Å². The standard InChI is InChI=1S/C26H21N3O6/c1-34-20-13-11-18(12-14-20)27-23(30)16-35-22-10-6-5-7-17(22)15-21-24(31)28-26(33)29(25(21)32)19-8-3-2-4-9-19/h2-15H,16H2,1H3,(H,27,30)(H,28,31,33)/b21-15-. The minimum atomic E-state index is -0.830. The SMILES string of the molecule is COc1ccc(NC(=O)COc2ccccc2/C=C2/C(=O)NC(=O)N(c3ccccc3)C2=O)cc1. The highest BCUT2D eigenvalue weighted by Gasteiger charge is 2.36. The van der Waals surface area contributed by atoms with Crippen molar-refractivity contribution in [2.24, 2.45) is 0 Å². The molecule has 3 aromatic carbocycles. The zero-order valence-corrected chi connectivity index (χ0v) is 18.7. The average Bonchev–Trinajstić information content (AvgIpc) is 2.87. The molecule has 1 aliphatic heterocycles. The van der Waals surface area contributed by atoms with Gasteiger partial charge in [-0.2, -0.15) is 0 Å².